The molecule has 0 bridgehead atoms. The Kier molecular flexibility index (Phi) is 7.05. The second-order valence-electron chi connectivity index (χ2n) is 7.46. The lowest BCUT2D eigenvalue weighted by Gasteiger charge is -2.39. The summed E-state index contributed by atoms with van der Waals surface area (Å²) in [5.41, 5.74) is 1.59. The summed E-state index contributed by atoms with van der Waals surface area (Å²) >= 11 is 0. The van der Waals surface area contributed by atoms with Gasteiger partial charge in [0.15, 0.2) is 0 Å². The zero-order chi connectivity index (χ0) is 21.0. The van der Waals surface area contributed by atoms with Gasteiger partial charge < -0.3 is 19.3 Å². The first-order valence-corrected chi connectivity index (χ1v) is 10.1. The van der Waals surface area contributed by atoms with Gasteiger partial charge in [0.1, 0.15) is 11.6 Å². The predicted octanol–water partition coefficient (Wildman–Crippen LogP) is 2.37. The van der Waals surface area contributed by atoms with Gasteiger partial charge >= 0.3 is 0 Å². The average molecular weight is 403 g/mol. The van der Waals surface area contributed by atoms with E-state index < -0.39 is 6.04 Å². The highest BCUT2D eigenvalue weighted by Gasteiger charge is 2.31. The second-order valence-corrected chi connectivity index (χ2v) is 7.46. The quantitative estimate of drug-likeness (QED) is 0.769. The number of benzene rings is 1. The summed E-state index contributed by atoms with van der Waals surface area (Å²) in [6.45, 7) is 9.03. The van der Waals surface area contributed by atoms with Crippen LogP contribution in [0.5, 0.6) is 5.75 Å². The molecule has 1 aliphatic heterocycles. The molecule has 1 atom stereocenters. The first-order valence-electron chi connectivity index (χ1n) is 10.1. The fourth-order valence-electron chi connectivity index (χ4n) is 4.03. The largest absolute Gasteiger partial charge is 0.507 e. The van der Waals surface area contributed by atoms with Crippen LogP contribution in [0.15, 0.2) is 35.1 Å². The molecule has 0 unspecified atom stereocenters. The maximum atomic E-state index is 13.6. The van der Waals surface area contributed by atoms with Crippen LogP contribution in [0, 0.1) is 12.7 Å². The lowest BCUT2D eigenvalue weighted by Crippen LogP contribution is -2.48. The molecule has 0 radical (unpaired) electrons. The lowest BCUT2D eigenvalue weighted by molar-refractivity contribution is 0.111. The van der Waals surface area contributed by atoms with Crippen molar-refractivity contribution in [2.45, 2.75) is 26.4 Å². The van der Waals surface area contributed by atoms with Crippen LogP contribution >= 0.6 is 0 Å². The Labute approximate surface area is 171 Å². The lowest BCUT2D eigenvalue weighted by atomic mass is 9.96. The molecule has 2 heterocycles. The molecular formula is C22H30FN3O3. The number of pyridine rings is 1. The highest BCUT2D eigenvalue weighted by Crippen LogP contribution is 2.33. The van der Waals surface area contributed by atoms with Crippen molar-refractivity contribution in [3.05, 3.63) is 63.3 Å². The van der Waals surface area contributed by atoms with Crippen molar-refractivity contribution >= 4 is 0 Å². The summed E-state index contributed by atoms with van der Waals surface area (Å²) in [5, 5.41) is 10.8. The average Bonchev–Trinajstić information content (AvgIpc) is 2.72. The molecule has 1 aliphatic rings. The number of rotatable bonds is 7. The highest BCUT2D eigenvalue weighted by molar-refractivity contribution is 5.41. The smallest absolute Gasteiger partial charge is 0.259 e. The fraction of sp³-hybridized carbons (Fsp3) is 0.500. The van der Waals surface area contributed by atoms with Crippen LogP contribution in [-0.4, -0.2) is 65.9 Å². The van der Waals surface area contributed by atoms with E-state index in [1.807, 2.05) is 0 Å². The number of aromatic nitrogens is 1. The molecule has 0 aliphatic carbocycles. The first kappa shape index (κ1) is 21.5. The summed E-state index contributed by atoms with van der Waals surface area (Å²) in [6.07, 6.45) is 0. The number of hydrogen-bond donors (Lipinski definition) is 1. The van der Waals surface area contributed by atoms with Crippen LogP contribution in [0.3, 0.4) is 0 Å². The van der Waals surface area contributed by atoms with E-state index in [4.69, 9.17) is 4.74 Å². The first-order chi connectivity index (χ1) is 14.0. The fourth-order valence-corrected chi connectivity index (χ4v) is 4.03. The minimum absolute atomic E-state index is 0.0200. The number of methoxy groups -OCH3 is 1. The Morgan fingerprint density at radius 2 is 1.83 bits per heavy atom. The SMILES string of the molecule is CCN1CCN([C@H](c2ccc(F)cc2)c2c(O)cc(C)n(CCOC)c2=O)CC1. The van der Waals surface area contributed by atoms with Crippen LogP contribution in [0.2, 0.25) is 0 Å². The van der Waals surface area contributed by atoms with Gasteiger partial charge in [-0.05, 0) is 37.2 Å². The van der Waals surface area contributed by atoms with Crippen molar-refractivity contribution in [1.82, 2.24) is 14.4 Å². The van der Waals surface area contributed by atoms with Crippen molar-refractivity contribution in [3.8, 4) is 5.75 Å². The molecule has 0 saturated carbocycles. The molecule has 1 saturated heterocycles. The van der Waals surface area contributed by atoms with Gasteiger partial charge in [-0.25, -0.2) is 4.39 Å². The van der Waals surface area contributed by atoms with Crippen molar-refractivity contribution in [3.63, 3.8) is 0 Å². The van der Waals surface area contributed by atoms with E-state index in [0.29, 0.717) is 24.4 Å². The van der Waals surface area contributed by atoms with Crippen molar-refractivity contribution in [2.75, 3.05) is 46.4 Å². The van der Waals surface area contributed by atoms with E-state index in [-0.39, 0.29) is 17.1 Å². The molecule has 2 aromatic rings. The molecule has 158 valence electrons. The third-order valence-electron chi connectivity index (χ3n) is 5.72. The molecule has 1 fully saturated rings. The van der Waals surface area contributed by atoms with Crippen LogP contribution in [0.4, 0.5) is 4.39 Å². The maximum absolute atomic E-state index is 13.6. The van der Waals surface area contributed by atoms with Crippen molar-refractivity contribution < 1.29 is 14.2 Å². The van der Waals surface area contributed by atoms with Crippen LogP contribution in [0.25, 0.3) is 0 Å². The van der Waals surface area contributed by atoms with Crippen LogP contribution in [-0.2, 0) is 11.3 Å². The monoisotopic (exact) mass is 403 g/mol. The van der Waals surface area contributed by atoms with Crippen molar-refractivity contribution in [1.29, 1.82) is 0 Å². The Balaban J connectivity index is 2.09. The highest BCUT2D eigenvalue weighted by atomic mass is 19.1. The molecule has 6 nitrogen and oxygen atoms in total. The molecule has 1 aromatic carbocycles. The summed E-state index contributed by atoms with van der Waals surface area (Å²) in [6, 6.07) is 7.40. The maximum Gasteiger partial charge on any atom is 0.259 e. The molecule has 7 heteroatoms. The van der Waals surface area contributed by atoms with Gasteiger partial charge in [0, 0.05) is 45.5 Å². The summed E-state index contributed by atoms with van der Waals surface area (Å²) in [7, 11) is 1.59. The predicted molar refractivity (Wildman–Crippen MR) is 111 cm³/mol. The number of aromatic hydroxyl groups is 1. The number of piperazine rings is 1. The number of nitrogens with zero attached hydrogens (tertiary/aromatic N) is 3. The van der Waals surface area contributed by atoms with Crippen molar-refractivity contribution in [2.24, 2.45) is 0 Å². The van der Waals surface area contributed by atoms with Crippen LogP contribution < -0.4 is 5.56 Å². The number of likely N-dealkylation sites (N-methyl/N-ethyl adjacent to an activating group) is 1. The van der Waals surface area contributed by atoms with Gasteiger partial charge in [-0.15, -0.1) is 0 Å². The van der Waals surface area contributed by atoms with E-state index in [1.165, 1.54) is 12.1 Å². The third kappa shape index (κ3) is 4.69. The number of ether oxygens (including phenoxy) is 1. The second kappa shape index (κ2) is 9.52. The zero-order valence-corrected chi connectivity index (χ0v) is 17.4. The molecule has 0 amide bonds. The van der Waals surface area contributed by atoms with Gasteiger partial charge in [0.05, 0.1) is 18.2 Å². The summed E-state index contributed by atoms with van der Waals surface area (Å²) in [4.78, 5) is 17.9. The van der Waals surface area contributed by atoms with E-state index in [0.717, 1.165) is 38.3 Å². The van der Waals surface area contributed by atoms with Crippen LogP contribution in [0.1, 0.15) is 29.8 Å². The molecular weight excluding hydrogens is 373 g/mol. The van der Waals surface area contributed by atoms with E-state index in [9.17, 15) is 14.3 Å². The Morgan fingerprint density at radius 3 is 2.41 bits per heavy atom. The number of aryl methyl sites for hydroxylation is 1. The molecule has 3 rings (SSSR count). The van der Waals surface area contributed by atoms with Gasteiger partial charge in [-0.1, -0.05) is 19.1 Å². The van der Waals surface area contributed by atoms with E-state index >= 15 is 0 Å². The summed E-state index contributed by atoms with van der Waals surface area (Å²) < 4.78 is 20.3. The third-order valence-corrected chi connectivity index (χ3v) is 5.72. The topological polar surface area (TPSA) is 57.9 Å². The molecule has 0 spiro atoms. The zero-order valence-electron chi connectivity index (χ0n) is 17.4. The standard InChI is InChI=1S/C22H30FN3O3/c1-4-24-9-11-25(12-10-24)21(17-5-7-18(23)8-6-17)20-19(27)15-16(2)26(22(20)28)13-14-29-3/h5-8,15,21,27H,4,9-14H2,1-3H3/t21-/m1/s1. The van der Waals surface area contributed by atoms with E-state index in [1.54, 1.807) is 36.8 Å². The molecule has 1 N–H and O–H groups in total. The normalized spacial score (nSPS) is 16.8. The Hall–Kier alpha value is -2.22. The minimum Gasteiger partial charge on any atom is -0.507 e. The molecule has 29 heavy (non-hydrogen) atoms. The number of hydrogen-bond acceptors (Lipinski definition) is 5. The Morgan fingerprint density at radius 1 is 1.17 bits per heavy atom. The van der Waals surface area contributed by atoms with Gasteiger partial charge in [0.2, 0.25) is 0 Å². The Bertz CT molecular complexity index is 874. The number of halogens is 1. The van der Waals surface area contributed by atoms with E-state index in [2.05, 4.69) is 16.7 Å². The molecule has 1 aromatic heterocycles. The minimum atomic E-state index is -0.434. The van der Waals surface area contributed by atoms with Gasteiger partial charge in [0.25, 0.3) is 5.56 Å². The van der Waals surface area contributed by atoms with Gasteiger partial charge in [-0.3, -0.25) is 9.69 Å². The summed E-state index contributed by atoms with van der Waals surface area (Å²) in [5.74, 6) is -0.345. The van der Waals surface area contributed by atoms with Gasteiger partial charge in [-0.2, -0.15) is 0 Å².